The van der Waals surface area contributed by atoms with Crippen molar-refractivity contribution >= 4 is 11.6 Å². The summed E-state index contributed by atoms with van der Waals surface area (Å²) in [5.74, 6) is -0.275. The van der Waals surface area contributed by atoms with E-state index in [1.807, 2.05) is 26.0 Å². The Morgan fingerprint density at radius 1 is 1.35 bits per heavy atom. The van der Waals surface area contributed by atoms with Crippen LogP contribution in [0.2, 0.25) is 5.02 Å². The fraction of sp³-hybridized carbons (Fsp3) is 0.529. The second kappa shape index (κ2) is 5.89. The molecule has 6 heteroatoms. The Morgan fingerprint density at radius 3 is 2.65 bits per heavy atom. The van der Waals surface area contributed by atoms with Crippen molar-refractivity contribution in [2.45, 2.75) is 44.9 Å². The van der Waals surface area contributed by atoms with Gasteiger partial charge >= 0.3 is 0 Å². The molecule has 1 fully saturated rings. The highest BCUT2D eigenvalue weighted by Gasteiger charge is 2.56. The van der Waals surface area contributed by atoms with Gasteiger partial charge in [0.15, 0.2) is 0 Å². The molecule has 1 aliphatic carbocycles. The van der Waals surface area contributed by atoms with Crippen molar-refractivity contribution in [3.05, 3.63) is 47.5 Å². The standard InChI is InChI=1S/C17H22ClN3O2/c1-16(2)8-7-14(15(22)12-3-5-13(18)6-4-12)17(16,23)9-21-11-19-10-20-21/h3-6,10-11,14-15,22-23H,7-9H2,1-2H3/t14?,15-,17-/m0/s1. The van der Waals surface area contributed by atoms with Gasteiger partial charge in [-0.3, -0.25) is 4.68 Å². The Morgan fingerprint density at radius 2 is 2.04 bits per heavy atom. The highest BCUT2D eigenvalue weighted by Crippen LogP contribution is 2.54. The first-order valence-electron chi connectivity index (χ1n) is 7.82. The lowest BCUT2D eigenvalue weighted by Gasteiger charge is -2.42. The van der Waals surface area contributed by atoms with Gasteiger partial charge in [0.2, 0.25) is 0 Å². The maximum Gasteiger partial charge on any atom is 0.137 e. The molecule has 1 aliphatic rings. The summed E-state index contributed by atoms with van der Waals surface area (Å²) in [6, 6.07) is 7.15. The van der Waals surface area contributed by atoms with E-state index in [1.54, 1.807) is 23.1 Å². The largest absolute Gasteiger partial charge is 0.388 e. The monoisotopic (exact) mass is 335 g/mol. The second-order valence-electron chi connectivity index (χ2n) is 7.04. The lowest BCUT2D eigenvalue weighted by atomic mass is 9.71. The van der Waals surface area contributed by atoms with Crippen LogP contribution >= 0.6 is 11.6 Å². The topological polar surface area (TPSA) is 71.2 Å². The van der Waals surface area contributed by atoms with Crippen molar-refractivity contribution in [3.8, 4) is 0 Å². The van der Waals surface area contributed by atoms with E-state index < -0.39 is 11.7 Å². The quantitative estimate of drug-likeness (QED) is 0.901. The molecule has 1 aromatic heterocycles. The van der Waals surface area contributed by atoms with Crippen LogP contribution in [0.25, 0.3) is 0 Å². The molecule has 3 atom stereocenters. The number of aliphatic hydroxyl groups excluding tert-OH is 1. The minimum absolute atomic E-state index is 0.275. The molecular formula is C17H22ClN3O2. The van der Waals surface area contributed by atoms with E-state index in [9.17, 15) is 10.2 Å². The fourth-order valence-electron chi connectivity index (χ4n) is 3.68. The van der Waals surface area contributed by atoms with E-state index >= 15 is 0 Å². The molecule has 1 heterocycles. The van der Waals surface area contributed by atoms with Gasteiger partial charge in [-0.1, -0.05) is 37.6 Å². The maximum atomic E-state index is 11.5. The van der Waals surface area contributed by atoms with Gasteiger partial charge in [0, 0.05) is 10.9 Å². The Labute approximate surface area is 140 Å². The van der Waals surface area contributed by atoms with Crippen LogP contribution in [0.3, 0.4) is 0 Å². The van der Waals surface area contributed by atoms with Gasteiger partial charge in [-0.25, -0.2) is 4.98 Å². The zero-order valence-corrected chi connectivity index (χ0v) is 14.1. The number of halogens is 1. The van der Waals surface area contributed by atoms with Gasteiger partial charge in [-0.05, 0) is 36.0 Å². The third-order valence-electron chi connectivity index (χ3n) is 5.33. The summed E-state index contributed by atoms with van der Waals surface area (Å²) in [4.78, 5) is 3.94. The summed E-state index contributed by atoms with van der Waals surface area (Å²) in [5, 5.41) is 27.1. The number of hydrogen-bond donors (Lipinski definition) is 2. The van der Waals surface area contributed by atoms with Crippen molar-refractivity contribution in [1.82, 2.24) is 14.8 Å². The molecule has 0 saturated heterocycles. The summed E-state index contributed by atoms with van der Waals surface area (Å²) in [6.07, 6.45) is 3.89. The van der Waals surface area contributed by atoms with Gasteiger partial charge in [-0.2, -0.15) is 5.10 Å². The van der Waals surface area contributed by atoms with Crippen molar-refractivity contribution in [2.24, 2.45) is 11.3 Å². The molecule has 3 rings (SSSR count). The number of aromatic nitrogens is 3. The van der Waals surface area contributed by atoms with Crippen molar-refractivity contribution in [1.29, 1.82) is 0 Å². The molecule has 1 saturated carbocycles. The van der Waals surface area contributed by atoms with Gasteiger partial charge in [0.1, 0.15) is 12.7 Å². The number of nitrogens with zero attached hydrogens (tertiary/aromatic N) is 3. The SMILES string of the molecule is CC1(C)CCC([C@@H](O)c2ccc(Cl)cc2)[C@@]1(O)Cn1cncn1. The summed E-state index contributed by atoms with van der Waals surface area (Å²) in [7, 11) is 0. The first-order valence-corrected chi connectivity index (χ1v) is 8.20. The predicted molar refractivity (Wildman–Crippen MR) is 87.9 cm³/mol. The van der Waals surface area contributed by atoms with Crippen LogP contribution in [0.1, 0.15) is 38.4 Å². The van der Waals surface area contributed by atoms with Crippen LogP contribution in [0.5, 0.6) is 0 Å². The molecule has 1 aromatic carbocycles. The molecule has 2 aromatic rings. The van der Waals surface area contributed by atoms with E-state index in [1.165, 1.54) is 6.33 Å². The Balaban J connectivity index is 1.91. The Kier molecular flexibility index (Phi) is 4.21. The van der Waals surface area contributed by atoms with Gasteiger partial charge < -0.3 is 10.2 Å². The molecule has 0 spiro atoms. The average Bonchev–Trinajstić information content (AvgIpc) is 3.07. The number of rotatable bonds is 4. The van der Waals surface area contributed by atoms with Crippen molar-refractivity contribution < 1.29 is 10.2 Å². The van der Waals surface area contributed by atoms with Gasteiger partial charge in [-0.15, -0.1) is 0 Å². The first-order chi connectivity index (χ1) is 10.8. The molecule has 5 nitrogen and oxygen atoms in total. The van der Waals surface area contributed by atoms with Crippen LogP contribution in [0.15, 0.2) is 36.9 Å². The average molecular weight is 336 g/mol. The van der Waals surface area contributed by atoms with E-state index in [4.69, 9.17) is 11.6 Å². The highest BCUT2D eigenvalue weighted by atomic mass is 35.5. The Hall–Kier alpha value is -1.43. The van der Waals surface area contributed by atoms with E-state index in [-0.39, 0.29) is 11.3 Å². The fourth-order valence-corrected chi connectivity index (χ4v) is 3.80. The summed E-state index contributed by atoms with van der Waals surface area (Å²) in [5.41, 5.74) is -0.620. The molecule has 1 unspecified atom stereocenters. The molecule has 0 bridgehead atoms. The maximum absolute atomic E-state index is 11.5. The summed E-state index contributed by atoms with van der Waals surface area (Å²) < 4.78 is 1.63. The van der Waals surface area contributed by atoms with Gasteiger partial charge in [0.25, 0.3) is 0 Å². The third kappa shape index (κ3) is 2.89. The van der Waals surface area contributed by atoms with Gasteiger partial charge in [0.05, 0.1) is 18.2 Å². The van der Waals surface area contributed by atoms with Crippen LogP contribution in [-0.2, 0) is 6.54 Å². The number of aliphatic hydroxyl groups is 2. The molecular weight excluding hydrogens is 314 g/mol. The first kappa shape index (κ1) is 16.4. The van der Waals surface area contributed by atoms with Crippen molar-refractivity contribution in [2.75, 3.05) is 0 Å². The molecule has 23 heavy (non-hydrogen) atoms. The highest BCUT2D eigenvalue weighted by molar-refractivity contribution is 6.30. The molecule has 0 aliphatic heterocycles. The predicted octanol–water partition coefficient (Wildman–Crippen LogP) is 2.83. The zero-order valence-electron chi connectivity index (χ0n) is 13.4. The molecule has 2 N–H and O–H groups in total. The van der Waals surface area contributed by atoms with Crippen LogP contribution in [-0.4, -0.2) is 30.6 Å². The normalized spacial score (nSPS) is 28.0. The van der Waals surface area contributed by atoms with E-state index in [0.29, 0.717) is 11.6 Å². The zero-order chi connectivity index (χ0) is 16.7. The Bertz CT molecular complexity index is 657. The summed E-state index contributed by atoms with van der Waals surface area (Å²) >= 11 is 5.92. The second-order valence-corrected chi connectivity index (χ2v) is 7.48. The molecule has 0 radical (unpaired) electrons. The van der Waals surface area contributed by atoms with Crippen LogP contribution in [0, 0.1) is 11.3 Å². The van der Waals surface area contributed by atoms with Crippen LogP contribution < -0.4 is 0 Å². The van der Waals surface area contributed by atoms with Crippen molar-refractivity contribution in [3.63, 3.8) is 0 Å². The minimum Gasteiger partial charge on any atom is -0.388 e. The number of benzene rings is 1. The third-order valence-corrected chi connectivity index (χ3v) is 5.58. The number of hydrogen-bond acceptors (Lipinski definition) is 4. The molecule has 0 amide bonds. The van der Waals surface area contributed by atoms with E-state index in [0.717, 1.165) is 18.4 Å². The smallest absolute Gasteiger partial charge is 0.137 e. The van der Waals surface area contributed by atoms with Crippen LogP contribution in [0.4, 0.5) is 0 Å². The minimum atomic E-state index is -1.07. The van der Waals surface area contributed by atoms with E-state index in [2.05, 4.69) is 10.1 Å². The molecule has 124 valence electrons. The lowest BCUT2D eigenvalue weighted by Crippen LogP contribution is -2.50. The summed E-state index contributed by atoms with van der Waals surface area (Å²) in [6.45, 7) is 4.40. The lowest BCUT2D eigenvalue weighted by molar-refractivity contribution is -0.121.